The maximum atomic E-state index is 12.3. The Morgan fingerprint density at radius 2 is 1.74 bits per heavy atom. The van der Waals surface area contributed by atoms with E-state index in [1.54, 1.807) is 12.1 Å². The number of carbonyl (C=O) groups is 2. The van der Waals surface area contributed by atoms with Gasteiger partial charge in [0.25, 0.3) is 11.8 Å². The summed E-state index contributed by atoms with van der Waals surface area (Å²) in [5, 5.41) is 5.71. The number of amides is 2. The molecule has 0 bridgehead atoms. The molecule has 0 aliphatic heterocycles. The lowest BCUT2D eigenvalue weighted by molar-refractivity contribution is -0.117. The molecule has 0 aromatic heterocycles. The zero-order valence-electron chi connectivity index (χ0n) is 12.3. The molecule has 2 aromatic carbocycles. The van der Waals surface area contributed by atoms with Crippen LogP contribution < -0.4 is 10.6 Å². The van der Waals surface area contributed by atoms with Gasteiger partial charge in [-0.15, -0.1) is 0 Å². The van der Waals surface area contributed by atoms with Gasteiger partial charge in [-0.05, 0) is 29.8 Å². The van der Waals surface area contributed by atoms with Gasteiger partial charge in [0, 0.05) is 12.1 Å². The van der Waals surface area contributed by atoms with Crippen LogP contribution in [0.15, 0.2) is 54.2 Å². The molecule has 2 rings (SSSR count). The Morgan fingerprint density at radius 3 is 2.35 bits per heavy atom. The number of carbonyl (C=O) groups excluding carboxylic acids is 2. The van der Waals surface area contributed by atoms with Crippen LogP contribution in [0.1, 0.15) is 15.9 Å². The Balaban J connectivity index is 2.29. The van der Waals surface area contributed by atoms with Gasteiger partial charge in [0.15, 0.2) is 0 Å². The van der Waals surface area contributed by atoms with Gasteiger partial charge in [0.1, 0.15) is 5.70 Å². The summed E-state index contributed by atoms with van der Waals surface area (Å²) in [7, 11) is 1.49. The topological polar surface area (TPSA) is 58.2 Å². The van der Waals surface area contributed by atoms with Gasteiger partial charge in [-0.25, -0.2) is 0 Å². The fourth-order valence-corrected chi connectivity index (χ4v) is 2.37. The van der Waals surface area contributed by atoms with E-state index < -0.39 is 11.8 Å². The molecular weight excluding hydrogens is 335 g/mol. The molecule has 0 aliphatic carbocycles. The SMILES string of the molecule is CNC(=O)/C(=C/c1ccccc1)NC(=O)c1ccc(Cl)cc1Cl. The van der Waals surface area contributed by atoms with Crippen molar-refractivity contribution in [2.24, 2.45) is 0 Å². The minimum absolute atomic E-state index is 0.120. The number of nitrogens with one attached hydrogen (secondary N) is 2. The first-order valence-corrected chi connectivity index (χ1v) is 7.52. The smallest absolute Gasteiger partial charge is 0.267 e. The molecule has 0 fully saturated rings. The van der Waals surface area contributed by atoms with Crippen molar-refractivity contribution in [1.82, 2.24) is 10.6 Å². The van der Waals surface area contributed by atoms with Crippen LogP contribution in [0.4, 0.5) is 0 Å². The van der Waals surface area contributed by atoms with Gasteiger partial charge in [-0.1, -0.05) is 53.5 Å². The van der Waals surface area contributed by atoms with Crippen molar-refractivity contribution in [3.63, 3.8) is 0 Å². The number of likely N-dealkylation sites (N-methyl/N-ethyl adjacent to an activating group) is 1. The van der Waals surface area contributed by atoms with E-state index in [1.165, 1.54) is 19.2 Å². The summed E-state index contributed by atoms with van der Waals surface area (Å²) in [5.74, 6) is -0.898. The fourth-order valence-electron chi connectivity index (χ4n) is 1.87. The zero-order chi connectivity index (χ0) is 16.8. The number of halogens is 2. The quantitative estimate of drug-likeness (QED) is 0.830. The van der Waals surface area contributed by atoms with Gasteiger partial charge >= 0.3 is 0 Å². The third-order valence-corrected chi connectivity index (χ3v) is 3.55. The highest BCUT2D eigenvalue weighted by Gasteiger charge is 2.16. The highest BCUT2D eigenvalue weighted by molar-refractivity contribution is 6.36. The van der Waals surface area contributed by atoms with E-state index in [2.05, 4.69) is 10.6 Å². The van der Waals surface area contributed by atoms with Gasteiger partial charge < -0.3 is 10.6 Å². The summed E-state index contributed by atoms with van der Waals surface area (Å²) < 4.78 is 0. The average molecular weight is 349 g/mol. The number of hydrogen-bond donors (Lipinski definition) is 2. The van der Waals surface area contributed by atoms with Crippen LogP contribution in [0.5, 0.6) is 0 Å². The third-order valence-electron chi connectivity index (χ3n) is 3.01. The van der Waals surface area contributed by atoms with Crippen LogP contribution in [-0.2, 0) is 4.79 Å². The lowest BCUT2D eigenvalue weighted by Gasteiger charge is -2.10. The first kappa shape index (κ1) is 17.1. The molecule has 0 unspecified atom stereocenters. The van der Waals surface area contributed by atoms with Crippen LogP contribution in [0.2, 0.25) is 10.0 Å². The minimum Gasteiger partial charge on any atom is -0.354 e. The normalized spacial score (nSPS) is 11.0. The first-order valence-electron chi connectivity index (χ1n) is 6.76. The molecular formula is C17H14Cl2N2O2. The summed E-state index contributed by atoms with van der Waals surface area (Å²) in [6.07, 6.45) is 1.58. The maximum absolute atomic E-state index is 12.3. The van der Waals surface area contributed by atoms with Crippen LogP contribution in [-0.4, -0.2) is 18.9 Å². The molecule has 2 aromatic rings. The van der Waals surface area contributed by atoms with E-state index in [9.17, 15) is 9.59 Å². The van der Waals surface area contributed by atoms with Gasteiger partial charge in [0.05, 0.1) is 10.6 Å². The number of benzene rings is 2. The van der Waals surface area contributed by atoms with E-state index in [-0.39, 0.29) is 16.3 Å². The summed E-state index contributed by atoms with van der Waals surface area (Å²) in [6.45, 7) is 0. The van der Waals surface area contributed by atoms with E-state index >= 15 is 0 Å². The van der Waals surface area contributed by atoms with Gasteiger partial charge in [0.2, 0.25) is 0 Å². The Bertz CT molecular complexity index is 758. The second-order valence-corrected chi connectivity index (χ2v) is 5.47. The summed E-state index contributed by atoms with van der Waals surface area (Å²) >= 11 is 11.8. The molecule has 4 nitrogen and oxygen atoms in total. The van der Waals surface area contributed by atoms with Crippen LogP contribution >= 0.6 is 23.2 Å². The summed E-state index contributed by atoms with van der Waals surface area (Å²) in [6, 6.07) is 13.7. The molecule has 2 amide bonds. The molecule has 0 radical (unpaired) electrons. The fraction of sp³-hybridized carbons (Fsp3) is 0.0588. The molecule has 0 saturated heterocycles. The molecule has 2 N–H and O–H groups in total. The van der Waals surface area contributed by atoms with Crippen molar-refractivity contribution in [3.05, 3.63) is 75.4 Å². The standard InChI is InChI=1S/C17H14Cl2N2O2/c1-20-17(23)15(9-11-5-3-2-4-6-11)21-16(22)13-8-7-12(18)10-14(13)19/h2-10H,1H3,(H,20,23)(H,21,22)/b15-9-. The van der Waals surface area contributed by atoms with E-state index in [0.29, 0.717) is 5.02 Å². The van der Waals surface area contributed by atoms with Crippen molar-refractivity contribution in [2.75, 3.05) is 7.05 Å². The Kier molecular flexibility index (Phi) is 5.79. The second kappa shape index (κ2) is 7.81. The predicted octanol–water partition coefficient (Wildman–Crippen LogP) is 3.51. The average Bonchev–Trinajstić information content (AvgIpc) is 2.54. The van der Waals surface area contributed by atoms with E-state index in [1.807, 2.05) is 30.3 Å². The monoisotopic (exact) mass is 348 g/mol. The van der Waals surface area contributed by atoms with Crippen molar-refractivity contribution in [2.45, 2.75) is 0 Å². The number of hydrogen-bond acceptors (Lipinski definition) is 2. The van der Waals surface area contributed by atoms with Gasteiger partial charge in [-0.2, -0.15) is 0 Å². The van der Waals surface area contributed by atoms with Gasteiger partial charge in [-0.3, -0.25) is 9.59 Å². The lowest BCUT2D eigenvalue weighted by Crippen LogP contribution is -2.33. The van der Waals surface area contributed by atoms with Crippen LogP contribution in [0, 0.1) is 0 Å². The lowest BCUT2D eigenvalue weighted by atomic mass is 10.1. The predicted molar refractivity (Wildman–Crippen MR) is 92.4 cm³/mol. The molecule has 23 heavy (non-hydrogen) atoms. The van der Waals surface area contributed by atoms with Crippen molar-refractivity contribution < 1.29 is 9.59 Å². The van der Waals surface area contributed by atoms with E-state index in [4.69, 9.17) is 23.2 Å². The number of rotatable bonds is 4. The molecule has 118 valence electrons. The molecule has 0 atom stereocenters. The second-order valence-electron chi connectivity index (χ2n) is 4.63. The molecule has 0 spiro atoms. The van der Waals surface area contributed by atoms with Crippen molar-refractivity contribution in [3.8, 4) is 0 Å². The largest absolute Gasteiger partial charge is 0.354 e. The Morgan fingerprint density at radius 1 is 1.04 bits per heavy atom. The summed E-state index contributed by atoms with van der Waals surface area (Å²) in [5.41, 5.74) is 1.14. The minimum atomic E-state index is -0.488. The first-order chi connectivity index (χ1) is 11.0. The molecule has 0 saturated carbocycles. The van der Waals surface area contributed by atoms with Crippen LogP contribution in [0.3, 0.4) is 0 Å². The molecule has 0 heterocycles. The maximum Gasteiger partial charge on any atom is 0.267 e. The third kappa shape index (κ3) is 4.58. The van der Waals surface area contributed by atoms with E-state index in [0.717, 1.165) is 5.56 Å². The van der Waals surface area contributed by atoms with Crippen molar-refractivity contribution >= 4 is 41.1 Å². The molecule has 0 aliphatic rings. The summed E-state index contributed by atoms with van der Waals surface area (Å²) in [4.78, 5) is 24.3. The van der Waals surface area contributed by atoms with Crippen LogP contribution in [0.25, 0.3) is 6.08 Å². The Labute approximate surface area is 144 Å². The highest BCUT2D eigenvalue weighted by Crippen LogP contribution is 2.21. The highest BCUT2D eigenvalue weighted by atomic mass is 35.5. The molecule has 6 heteroatoms. The van der Waals surface area contributed by atoms with Crippen molar-refractivity contribution in [1.29, 1.82) is 0 Å². The Hall–Kier alpha value is -2.30. The zero-order valence-corrected chi connectivity index (χ0v) is 13.8.